The number of nitrogens with one attached hydrogen (secondary N) is 3. The van der Waals surface area contributed by atoms with E-state index in [2.05, 4.69) is 16.0 Å². The highest BCUT2D eigenvalue weighted by atomic mass is 16.2. The summed E-state index contributed by atoms with van der Waals surface area (Å²) in [4.78, 5) is 11.7. The van der Waals surface area contributed by atoms with Crippen LogP contribution in [0.1, 0.15) is 32.1 Å². The molecule has 5 nitrogen and oxygen atoms in total. The van der Waals surface area contributed by atoms with Gasteiger partial charge < -0.3 is 21.7 Å². The summed E-state index contributed by atoms with van der Waals surface area (Å²) in [5.74, 6) is 0. The van der Waals surface area contributed by atoms with Gasteiger partial charge in [0, 0.05) is 24.7 Å². The van der Waals surface area contributed by atoms with Crippen molar-refractivity contribution in [1.82, 2.24) is 16.0 Å². The molecule has 0 spiro atoms. The molecular weight excluding hydrogens is 204 g/mol. The summed E-state index contributed by atoms with van der Waals surface area (Å²) in [6.07, 6.45) is 5.10. The van der Waals surface area contributed by atoms with E-state index in [0.717, 1.165) is 45.2 Å². The van der Waals surface area contributed by atoms with Gasteiger partial charge in [0.15, 0.2) is 0 Å². The lowest BCUT2D eigenvalue weighted by atomic mass is 9.92. The van der Waals surface area contributed by atoms with E-state index < -0.39 is 0 Å². The predicted molar refractivity (Wildman–Crippen MR) is 63.2 cm³/mol. The number of carbonyl (C=O) groups excluding carboxylic acids is 1. The van der Waals surface area contributed by atoms with E-state index in [0.29, 0.717) is 18.1 Å². The first kappa shape index (κ1) is 11.7. The molecule has 1 saturated carbocycles. The molecule has 5 N–H and O–H groups in total. The third-order valence-electron chi connectivity index (χ3n) is 3.50. The molecule has 0 radical (unpaired) electrons. The quantitative estimate of drug-likeness (QED) is 0.531. The first-order valence-electron chi connectivity index (χ1n) is 6.27. The fourth-order valence-corrected chi connectivity index (χ4v) is 2.45. The van der Waals surface area contributed by atoms with E-state index in [1.165, 1.54) is 0 Å². The lowest BCUT2D eigenvalue weighted by molar-refractivity contribution is 0.228. The number of amides is 2. The van der Waals surface area contributed by atoms with Crippen LogP contribution in [0.2, 0.25) is 0 Å². The van der Waals surface area contributed by atoms with Crippen LogP contribution in [0.5, 0.6) is 0 Å². The minimum Gasteiger partial charge on any atom is -0.335 e. The highest BCUT2D eigenvalue weighted by molar-refractivity contribution is 5.74. The molecule has 1 aliphatic carbocycles. The molecule has 0 unspecified atom stereocenters. The SMILES string of the molecule is NC1CCC(NC(=O)N[C@@H]2CCNC2)CC1. The molecule has 1 aliphatic heterocycles. The summed E-state index contributed by atoms with van der Waals surface area (Å²) in [5, 5.41) is 9.25. The van der Waals surface area contributed by atoms with E-state index >= 15 is 0 Å². The molecule has 0 bridgehead atoms. The Morgan fingerprint density at radius 1 is 1.06 bits per heavy atom. The van der Waals surface area contributed by atoms with Gasteiger partial charge in [-0.25, -0.2) is 4.79 Å². The minimum atomic E-state index is -0.0193. The molecule has 1 atom stereocenters. The van der Waals surface area contributed by atoms with Crippen LogP contribution in [-0.2, 0) is 0 Å². The highest BCUT2D eigenvalue weighted by Gasteiger charge is 2.22. The molecule has 0 aromatic carbocycles. The van der Waals surface area contributed by atoms with E-state index in [9.17, 15) is 4.79 Å². The van der Waals surface area contributed by atoms with Gasteiger partial charge in [0.1, 0.15) is 0 Å². The van der Waals surface area contributed by atoms with Crippen LogP contribution in [0.15, 0.2) is 0 Å². The van der Waals surface area contributed by atoms with Crippen molar-refractivity contribution in [2.45, 2.75) is 50.2 Å². The number of nitrogens with two attached hydrogens (primary N) is 1. The second kappa shape index (κ2) is 5.50. The maximum Gasteiger partial charge on any atom is 0.315 e. The summed E-state index contributed by atoms with van der Waals surface area (Å²) in [7, 11) is 0. The molecule has 2 aliphatic rings. The van der Waals surface area contributed by atoms with Crippen molar-refractivity contribution in [1.29, 1.82) is 0 Å². The standard InChI is InChI=1S/C11H22N4O/c12-8-1-3-9(4-2-8)14-11(16)15-10-5-6-13-7-10/h8-10,13H,1-7,12H2,(H2,14,15,16)/t8?,9?,10-/m1/s1. The zero-order chi connectivity index (χ0) is 11.4. The average molecular weight is 226 g/mol. The third-order valence-corrected chi connectivity index (χ3v) is 3.50. The van der Waals surface area contributed by atoms with Crippen LogP contribution in [-0.4, -0.2) is 37.2 Å². The van der Waals surface area contributed by atoms with E-state index in [1.807, 2.05) is 0 Å². The van der Waals surface area contributed by atoms with E-state index in [1.54, 1.807) is 0 Å². The number of hydrogen-bond donors (Lipinski definition) is 4. The monoisotopic (exact) mass is 226 g/mol. The summed E-state index contributed by atoms with van der Waals surface area (Å²) < 4.78 is 0. The number of urea groups is 1. The number of rotatable bonds is 2. The Kier molecular flexibility index (Phi) is 4.01. The van der Waals surface area contributed by atoms with Crippen LogP contribution in [0, 0.1) is 0 Å². The Balaban J connectivity index is 1.66. The Hall–Kier alpha value is -0.810. The van der Waals surface area contributed by atoms with Crippen LogP contribution in [0.3, 0.4) is 0 Å². The van der Waals surface area contributed by atoms with Crippen LogP contribution in [0.4, 0.5) is 4.79 Å². The first-order chi connectivity index (χ1) is 7.74. The minimum absolute atomic E-state index is 0.0193. The first-order valence-corrected chi connectivity index (χ1v) is 6.27. The largest absolute Gasteiger partial charge is 0.335 e. The highest BCUT2D eigenvalue weighted by Crippen LogP contribution is 2.16. The van der Waals surface area contributed by atoms with Crippen molar-refractivity contribution < 1.29 is 4.79 Å². The van der Waals surface area contributed by atoms with Gasteiger partial charge in [-0.1, -0.05) is 0 Å². The van der Waals surface area contributed by atoms with Crippen molar-refractivity contribution in [3.8, 4) is 0 Å². The average Bonchev–Trinajstić information content (AvgIpc) is 2.74. The van der Waals surface area contributed by atoms with Gasteiger partial charge in [0.05, 0.1) is 0 Å². The van der Waals surface area contributed by atoms with Crippen LogP contribution >= 0.6 is 0 Å². The Labute approximate surface area is 96.5 Å². The van der Waals surface area contributed by atoms with Gasteiger partial charge in [-0.15, -0.1) is 0 Å². The van der Waals surface area contributed by atoms with Gasteiger partial charge in [-0.3, -0.25) is 0 Å². The smallest absolute Gasteiger partial charge is 0.315 e. The summed E-state index contributed by atoms with van der Waals surface area (Å²) in [6.45, 7) is 1.90. The van der Waals surface area contributed by atoms with Gasteiger partial charge in [0.25, 0.3) is 0 Å². The van der Waals surface area contributed by atoms with Crippen LogP contribution < -0.4 is 21.7 Å². The maximum atomic E-state index is 11.7. The molecule has 2 rings (SSSR count). The second-order valence-corrected chi connectivity index (χ2v) is 4.92. The molecule has 2 fully saturated rings. The fraction of sp³-hybridized carbons (Fsp3) is 0.909. The molecule has 0 aromatic heterocycles. The summed E-state index contributed by atoms with van der Waals surface area (Å²) in [5.41, 5.74) is 5.82. The topological polar surface area (TPSA) is 79.2 Å². The maximum absolute atomic E-state index is 11.7. The van der Waals surface area contributed by atoms with Crippen molar-refractivity contribution in [3.05, 3.63) is 0 Å². The molecule has 92 valence electrons. The molecule has 0 aromatic rings. The van der Waals surface area contributed by atoms with Gasteiger partial charge in [-0.05, 0) is 38.6 Å². The van der Waals surface area contributed by atoms with Crippen molar-refractivity contribution in [2.75, 3.05) is 13.1 Å². The Morgan fingerprint density at radius 2 is 1.75 bits per heavy atom. The molecule has 5 heteroatoms. The predicted octanol–water partition coefficient (Wildman–Crippen LogP) is -0.0826. The van der Waals surface area contributed by atoms with Gasteiger partial charge >= 0.3 is 6.03 Å². The molecular formula is C11H22N4O. The second-order valence-electron chi connectivity index (χ2n) is 4.92. The lowest BCUT2D eigenvalue weighted by Crippen LogP contribution is -2.48. The Bertz CT molecular complexity index is 232. The lowest BCUT2D eigenvalue weighted by Gasteiger charge is -2.27. The number of hydrogen-bond acceptors (Lipinski definition) is 3. The molecule has 1 saturated heterocycles. The number of carbonyl (C=O) groups is 1. The van der Waals surface area contributed by atoms with Gasteiger partial charge in [0.2, 0.25) is 0 Å². The summed E-state index contributed by atoms with van der Waals surface area (Å²) >= 11 is 0. The van der Waals surface area contributed by atoms with Crippen molar-refractivity contribution in [2.24, 2.45) is 5.73 Å². The normalized spacial score (nSPS) is 34.7. The molecule has 1 heterocycles. The third kappa shape index (κ3) is 3.35. The Morgan fingerprint density at radius 3 is 2.38 bits per heavy atom. The van der Waals surface area contributed by atoms with E-state index in [4.69, 9.17) is 5.73 Å². The zero-order valence-electron chi connectivity index (χ0n) is 9.67. The van der Waals surface area contributed by atoms with Crippen molar-refractivity contribution in [3.63, 3.8) is 0 Å². The molecule has 2 amide bonds. The zero-order valence-corrected chi connectivity index (χ0v) is 9.67. The van der Waals surface area contributed by atoms with Gasteiger partial charge in [-0.2, -0.15) is 0 Å². The summed E-state index contributed by atoms with van der Waals surface area (Å²) in [6, 6.07) is 0.925. The van der Waals surface area contributed by atoms with Crippen LogP contribution in [0.25, 0.3) is 0 Å². The molecule has 16 heavy (non-hydrogen) atoms. The fourth-order valence-electron chi connectivity index (χ4n) is 2.45. The van der Waals surface area contributed by atoms with Crippen molar-refractivity contribution >= 4 is 6.03 Å². The van der Waals surface area contributed by atoms with E-state index in [-0.39, 0.29) is 6.03 Å².